The molecule has 52 heavy (non-hydrogen) atoms. The van der Waals surface area contributed by atoms with Crippen LogP contribution in [0.4, 0.5) is 0 Å². The number of nitrogens with one attached hydrogen (secondary N) is 1. The number of unbranched alkanes of at least 4 members (excludes halogenated alkanes) is 3. The van der Waals surface area contributed by atoms with Crippen molar-refractivity contribution in [2.45, 2.75) is 64.3 Å². The predicted octanol–water partition coefficient (Wildman–Crippen LogP) is 6.62. The number of carbonyl (C=O) groups is 2. The Morgan fingerprint density at radius 1 is 1.02 bits per heavy atom. The third-order valence-electron chi connectivity index (χ3n) is 8.12. The first-order chi connectivity index (χ1) is 24.9. The number of halogens is 2. The Morgan fingerprint density at radius 3 is 2.04 bits per heavy atom. The van der Waals surface area contributed by atoms with Gasteiger partial charge in [0.25, 0.3) is 5.56 Å². The number of esters is 2. The summed E-state index contributed by atoms with van der Waals surface area (Å²) in [7, 11) is 5.65. The van der Waals surface area contributed by atoms with E-state index in [0.717, 1.165) is 42.4 Å². The van der Waals surface area contributed by atoms with E-state index in [4.69, 9.17) is 34.3 Å². The number of methoxy groups -OCH3 is 4. The van der Waals surface area contributed by atoms with E-state index in [2.05, 4.69) is 59.9 Å². The lowest BCUT2D eigenvalue weighted by atomic mass is 9.93. The fraction of sp³-hybridized carbons (Fsp3) is 0.429. The van der Waals surface area contributed by atoms with Gasteiger partial charge in [-0.05, 0) is 98.1 Å². The van der Waals surface area contributed by atoms with Gasteiger partial charge in [0.15, 0.2) is 0 Å². The first-order valence-electron chi connectivity index (χ1n) is 16.1. The Morgan fingerprint density at radius 2 is 1.58 bits per heavy atom. The van der Waals surface area contributed by atoms with Gasteiger partial charge in [-0.15, -0.1) is 0 Å². The Balaban J connectivity index is 0.000000323. The summed E-state index contributed by atoms with van der Waals surface area (Å²) in [5.41, 5.74) is 10.7. The van der Waals surface area contributed by atoms with Crippen LogP contribution in [0.3, 0.4) is 0 Å². The van der Waals surface area contributed by atoms with E-state index in [1.54, 1.807) is 19.1 Å². The van der Waals surface area contributed by atoms with Gasteiger partial charge in [0, 0.05) is 23.1 Å². The largest absolute Gasteiger partial charge is 0.495 e. The maximum absolute atomic E-state index is 12.4. The highest BCUT2D eigenvalue weighted by molar-refractivity contribution is 9.11. The molecule has 2 aromatic carbocycles. The molecular weight excluding hydrogens is 810 g/mol. The van der Waals surface area contributed by atoms with E-state index >= 15 is 0 Å². The minimum atomic E-state index is -0.671. The monoisotopic (exact) mass is 849 g/mol. The summed E-state index contributed by atoms with van der Waals surface area (Å²) in [5, 5.41) is 12.7. The SMILES string of the molecule is CCCCCC=C(c1cc(Br)c(OC)c(C(=O)OC)c1)c1cc(Br)c(OC)c(C(=O)OC)c1.Cc1cn([C@H]2C[C@H](N=[N+]=[N-])[C@@H](CO)O2)c(=O)[nH]c1=O. The van der Waals surface area contributed by atoms with Crippen LogP contribution < -0.4 is 20.7 Å². The number of aliphatic hydroxyl groups excluding tert-OH is 1. The number of aromatic amines is 1. The van der Waals surface area contributed by atoms with Gasteiger partial charge < -0.3 is 28.8 Å². The number of aliphatic hydroxyl groups is 1. The van der Waals surface area contributed by atoms with E-state index in [-0.39, 0.29) is 13.0 Å². The van der Waals surface area contributed by atoms with Crippen molar-refractivity contribution in [1.82, 2.24) is 9.55 Å². The van der Waals surface area contributed by atoms with Crippen molar-refractivity contribution < 1.29 is 38.4 Å². The second-order valence-electron chi connectivity index (χ2n) is 11.5. The number of azide groups is 1. The Hall–Kier alpha value is -4.41. The lowest BCUT2D eigenvalue weighted by Gasteiger charge is -2.17. The molecule has 1 saturated heterocycles. The summed E-state index contributed by atoms with van der Waals surface area (Å²) in [6, 6.07) is 6.69. The van der Waals surface area contributed by atoms with Crippen molar-refractivity contribution in [3.05, 3.63) is 105 Å². The molecule has 3 aromatic rings. The summed E-state index contributed by atoms with van der Waals surface area (Å²) in [4.78, 5) is 52.7. The number of benzene rings is 2. The number of hydrogen-bond donors (Lipinski definition) is 2. The summed E-state index contributed by atoms with van der Waals surface area (Å²) in [5.74, 6) is -0.235. The Kier molecular flexibility index (Phi) is 16.2. The van der Waals surface area contributed by atoms with Gasteiger partial charge in [0.2, 0.25) is 0 Å². The van der Waals surface area contributed by atoms with Crippen LogP contribution in [0.25, 0.3) is 16.0 Å². The smallest absolute Gasteiger partial charge is 0.341 e. The number of nitrogens with zero attached hydrogens (tertiary/aromatic N) is 4. The van der Waals surface area contributed by atoms with Gasteiger partial charge in [0.05, 0.1) is 56.1 Å². The summed E-state index contributed by atoms with van der Waals surface area (Å²) < 4.78 is 28.7. The number of hydrogen-bond acceptors (Lipinski definition) is 11. The fourth-order valence-electron chi connectivity index (χ4n) is 5.52. The molecule has 0 amide bonds. The zero-order valence-electron chi connectivity index (χ0n) is 29.6. The molecule has 0 unspecified atom stereocenters. The summed E-state index contributed by atoms with van der Waals surface area (Å²) >= 11 is 7.02. The average Bonchev–Trinajstić information content (AvgIpc) is 3.54. The highest BCUT2D eigenvalue weighted by atomic mass is 79.9. The summed E-state index contributed by atoms with van der Waals surface area (Å²) in [6.07, 6.45) is 6.49. The molecule has 17 heteroatoms. The van der Waals surface area contributed by atoms with Gasteiger partial charge in [-0.1, -0.05) is 31.0 Å². The van der Waals surface area contributed by atoms with Crippen LogP contribution >= 0.6 is 31.9 Å². The molecular formula is C35H41Br2N5O10. The number of allylic oxidation sites excluding steroid dienone is 1. The minimum Gasteiger partial charge on any atom is -0.495 e. The first kappa shape index (κ1) is 42.0. The zero-order chi connectivity index (χ0) is 38.5. The van der Waals surface area contributed by atoms with Gasteiger partial charge in [0.1, 0.15) is 28.9 Å². The van der Waals surface area contributed by atoms with Crippen LogP contribution in [0.5, 0.6) is 11.5 Å². The van der Waals surface area contributed by atoms with Crippen molar-refractivity contribution in [3.8, 4) is 11.5 Å². The zero-order valence-corrected chi connectivity index (χ0v) is 32.8. The van der Waals surface area contributed by atoms with E-state index in [9.17, 15) is 19.2 Å². The van der Waals surface area contributed by atoms with Crippen molar-refractivity contribution in [2.24, 2.45) is 5.11 Å². The van der Waals surface area contributed by atoms with Crippen LogP contribution in [0.2, 0.25) is 0 Å². The number of carbonyl (C=O) groups excluding carboxylic acids is 2. The molecule has 15 nitrogen and oxygen atoms in total. The van der Waals surface area contributed by atoms with Crippen molar-refractivity contribution >= 4 is 49.4 Å². The molecule has 2 N–H and O–H groups in total. The fourth-order valence-corrected chi connectivity index (χ4v) is 6.76. The van der Waals surface area contributed by atoms with Crippen molar-refractivity contribution in [2.75, 3.05) is 35.0 Å². The van der Waals surface area contributed by atoms with Crippen LogP contribution in [0.1, 0.15) is 82.7 Å². The number of H-pyrrole nitrogens is 1. The number of aryl methyl sites for hydroxylation is 1. The van der Waals surface area contributed by atoms with Gasteiger partial charge in [-0.2, -0.15) is 0 Å². The summed E-state index contributed by atoms with van der Waals surface area (Å²) in [6.45, 7) is 3.41. The third kappa shape index (κ3) is 10.1. The quantitative estimate of drug-likeness (QED) is 0.0619. The number of ether oxygens (including phenoxy) is 5. The number of rotatable bonds is 13. The molecule has 1 aromatic heterocycles. The Labute approximate surface area is 316 Å². The van der Waals surface area contributed by atoms with Gasteiger partial charge in [-0.3, -0.25) is 14.3 Å². The van der Waals surface area contributed by atoms with Crippen LogP contribution in [0, 0.1) is 6.92 Å². The molecule has 0 bridgehead atoms. The third-order valence-corrected chi connectivity index (χ3v) is 9.30. The van der Waals surface area contributed by atoms with Crippen LogP contribution in [-0.2, 0) is 14.2 Å². The highest BCUT2D eigenvalue weighted by Gasteiger charge is 2.35. The highest BCUT2D eigenvalue weighted by Crippen LogP contribution is 2.39. The van der Waals surface area contributed by atoms with E-state index in [1.165, 1.54) is 39.2 Å². The van der Waals surface area contributed by atoms with Crippen molar-refractivity contribution in [3.63, 3.8) is 0 Å². The molecule has 1 aliphatic rings. The molecule has 0 spiro atoms. The molecule has 1 aliphatic heterocycles. The van der Waals surface area contributed by atoms with Crippen LogP contribution in [0.15, 0.2) is 60.2 Å². The van der Waals surface area contributed by atoms with Gasteiger partial charge in [-0.25, -0.2) is 14.4 Å². The molecule has 2 heterocycles. The second-order valence-corrected chi connectivity index (χ2v) is 13.2. The molecule has 280 valence electrons. The number of aromatic nitrogens is 2. The molecule has 0 saturated carbocycles. The first-order valence-corrected chi connectivity index (χ1v) is 17.7. The van der Waals surface area contributed by atoms with Crippen LogP contribution in [-0.4, -0.2) is 73.8 Å². The maximum Gasteiger partial charge on any atom is 0.341 e. The molecule has 4 rings (SSSR count). The Bertz CT molecular complexity index is 1880. The van der Waals surface area contributed by atoms with Crippen molar-refractivity contribution in [1.29, 1.82) is 0 Å². The molecule has 1 fully saturated rings. The molecule has 0 aliphatic carbocycles. The van der Waals surface area contributed by atoms with E-state index < -0.39 is 41.6 Å². The normalized spacial score (nSPS) is 16.1. The topological polar surface area (TPSA) is 204 Å². The minimum absolute atomic E-state index is 0.265. The maximum atomic E-state index is 12.4. The predicted molar refractivity (Wildman–Crippen MR) is 200 cm³/mol. The second kappa shape index (κ2) is 20.0. The molecule has 0 radical (unpaired) electrons. The lowest BCUT2D eigenvalue weighted by Crippen LogP contribution is -2.33. The standard InChI is InChI=1S/C25H28Br2O6.C10H13N5O4/c1-6-7-8-9-10-17(15-11-18(24(28)32-4)22(30-2)20(26)13-15)16-12-19(25(29)33-5)23(31-3)21(27)14-16;1-5-3-15(10(18)12-9(5)17)8-2-6(13-14-11)7(4-16)19-8/h10-14H,6-9H2,1-5H3;3,6-8,16H,2,4H2,1H3,(H,12,17,18)/t;6-,7+,8+/m.0/s1. The van der Waals surface area contributed by atoms with E-state index in [1.807, 2.05) is 12.1 Å². The van der Waals surface area contributed by atoms with Gasteiger partial charge >= 0.3 is 17.6 Å². The average molecular weight is 852 g/mol. The van der Waals surface area contributed by atoms with E-state index in [0.29, 0.717) is 37.1 Å². The lowest BCUT2D eigenvalue weighted by molar-refractivity contribution is -0.0271. The molecule has 3 atom stereocenters.